The second kappa shape index (κ2) is 4.86. The molecule has 0 aromatic rings. The minimum Gasteiger partial charge on any atom is -0.327 e. The second-order valence-electron chi connectivity index (χ2n) is 4.47. The first-order chi connectivity index (χ1) is 5.74. The Labute approximate surface area is 76.7 Å². The Hall–Kier alpha value is -0.0400. The van der Waals surface area contributed by atoms with E-state index in [1.165, 1.54) is 38.5 Å². The van der Waals surface area contributed by atoms with Gasteiger partial charge in [-0.3, -0.25) is 0 Å². The topological polar surface area (TPSA) is 26.0 Å². The molecule has 0 amide bonds. The zero-order valence-electron chi connectivity index (χ0n) is 8.55. The van der Waals surface area contributed by atoms with Gasteiger partial charge in [-0.2, -0.15) is 0 Å². The van der Waals surface area contributed by atoms with Crippen LogP contribution in [0.2, 0.25) is 0 Å². The molecular weight excluding hydrogens is 146 g/mol. The number of nitrogens with two attached hydrogens (primary N) is 1. The van der Waals surface area contributed by atoms with E-state index in [9.17, 15) is 0 Å². The lowest BCUT2D eigenvalue weighted by Gasteiger charge is -2.30. The molecule has 0 aliphatic heterocycles. The summed E-state index contributed by atoms with van der Waals surface area (Å²) < 4.78 is 0. The number of hydrogen-bond acceptors (Lipinski definition) is 1. The Balaban J connectivity index is 2.24. The maximum Gasteiger partial charge on any atom is 0.00670 e. The fourth-order valence-electron chi connectivity index (χ4n) is 2.28. The smallest absolute Gasteiger partial charge is 0.00670 e. The summed E-state index contributed by atoms with van der Waals surface area (Å²) in [6, 6.07) is 0.488. The minimum absolute atomic E-state index is 0.488. The third-order valence-electron chi connectivity index (χ3n) is 3.29. The maximum absolute atomic E-state index is 6.10. The van der Waals surface area contributed by atoms with E-state index < -0.39 is 0 Å². The van der Waals surface area contributed by atoms with Crippen LogP contribution in [0, 0.1) is 11.8 Å². The molecule has 1 saturated carbocycles. The first-order valence-corrected chi connectivity index (χ1v) is 5.49. The maximum atomic E-state index is 6.10. The Morgan fingerprint density at radius 3 is 2.33 bits per heavy atom. The van der Waals surface area contributed by atoms with E-state index >= 15 is 0 Å². The van der Waals surface area contributed by atoms with Crippen molar-refractivity contribution in [3.63, 3.8) is 0 Å². The van der Waals surface area contributed by atoms with Crippen LogP contribution in [-0.4, -0.2) is 6.04 Å². The molecule has 2 N–H and O–H groups in total. The highest BCUT2D eigenvalue weighted by molar-refractivity contribution is 4.78. The van der Waals surface area contributed by atoms with Gasteiger partial charge >= 0.3 is 0 Å². The molecule has 1 nitrogen and oxygen atoms in total. The van der Waals surface area contributed by atoms with Crippen LogP contribution >= 0.6 is 0 Å². The lowest BCUT2D eigenvalue weighted by molar-refractivity contribution is 0.247. The summed E-state index contributed by atoms with van der Waals surface area (Å²) in [6.07, 6.45) is 8.03. The van der Waals surface area contributed by atoms with Crippen LogP contribution in [0.3, 0.4) is 0 Å². The Morgan fingerprint density at radius 2 is 1.83 bits per heavy atom. The molecule has 1 rings (SSSR count). The van der Waals surface area contributed by atoms with Crippen LogP contribution in [0.4, 0.5) is 0 Å². The lowest BCUT2D eigenvalue weighted by atomic mass is 9.78. The van der Waals surface area contributed by atoms with Crippen molar-refractivity contribution in [2.45, 2.75) is 58.4 Å². The monoisotopic (exact) mass is 169 g/mol. The molecule has 1 aliphatic rings. The standard InChI is InChI=1S/C11H23N/c1-3-4-11(12)10-7-5-9(2)6-8-10/h9-11H,3-8,12H2,1-2H3/t9-,10-,11?. The van der Waals surface area contributed by atoms with Crippen molar-refractivity contribution in [1.29, 1.82) is 0 Å². The number of hydrogen-bond donors (Lipinski definition) is 1. The molecule has 0 bridgehead atoms. The minimum atomic E-state index is 0.488. The summed E-state index contributed by atoms with van der Waals surface area (Å²) >= 11 is 0. The molecule has 0 aromatic carbocycles. The molecule has 0 saturated heterocycles. The van der Waals surface area contributed by atoms with Crippen molar-refractivity contribution in [3.05, 3.63) is 0 Å². The van der Waals surface area contributed by atoms with Crippen molar-refractivity contribution >= 4 is 0 Å². The quantitative estimate of drug-likeness (QED) is 0.690. The zero-order chi connectivity index (χ0) is 8.97. The van der Waals surface area contributed by atoms with Gasteiger partial charge in [-0.05, 0) is 31.1 Å². The van der Waals surface area contributed by atoms with Crippen molar-refractivity contribution in [2.24, 2.45) is 17.6 Å². The molecule has 0 heterocycles. The van der Waals surface area contributed by atoms with Gasteiger partial charge < -0.3 is 5.73 Å². The molecule has 1 atom stereocenters. The molecule has 0 spiro atoms. The third-order valence-corrected chi connectivity index (χ3v) is 3.29. The SMILES string of the molecule is CCCC(N)[C@H]1CC[C@H](C)CC1. The molecule has 1 fully saturated rings. The van der Waals surface area contributed by atoms with E-state index in [0.717, 1.165) is 11.8 Å². The first kappa shape index (κ1) is 10.0. The Bertz CT molecular complexity index is 114. The van der Waals surface area contributed by atoms with Gasteiger partial charge in [0.05, 0.1) is 0 Å². The van der Waals surface area contributed by atoms with E-state index in [2.05, 4.69) is 13.8 Å². The fraction of sp³-hybridized carbons (Fsp3) is 1.00. The van der Waals surface area contributed by atoms with E-state index in [0.29, 0.717) is 6.04 Å². The van der Waals surface area contributed by atoms with Gasteiger partial charge in [0.25, 0.3) is 0 Å². The fourth-order valence-corrected chi connectivity index (χ4v) is 2.28. The normalized spacial score (nSPS) is 33.2. The summed E-state index contributed by atoms with van der Waals surface area (Å²) in [6.45, 7) is 4.59. The summed E-state index contributed by atoms with van der Waals surface area (Å²) in [5.74, 6) is 1.79. The van der Waals surface area contributed by atoms with Gasteiger partial charge in [0.2, 0.25) is 0 Å². The molecule has 0 radical (unpaired) electrons. The summed E-state index contributed by atoms with van der Waals surface area (Å²) in [5.41, 5.74) is 6.10. The first-order valence-electron chi connectivity index (χ1n) is 5.49. The molecule has 72 valence electrons. The second-order valence-corrected chi connectivity index (χ2v) is 4.47. The van der Waals surface area contributed by atoms with Crippen molar-refractivity contribution in [2.75, 3.05) is 0 Å². The van der Waals surface area contributed by atoms with Gasteiger partial charge in [-0.15, -0.1) is 0 Å². The average molecular weight is 169 g/mol. The van der Waals surface area contributed by atoms with Gasteiger partial charge in [0.15, 0.2) is 0 Å². The highest BCUT2D eigenvalue weighted by atomic mass is 14.6. The highest BCUT2D eigenvalue weighted by Crippen LogP contribution is 2.30. The van der Waals surface area contributed by atoms with Crippen molar-refractivity contribution in [3.8, 4) is 0 Å². The van der Waals surface area contributed by atoms with Crippen LogP contribution in [0.25, 0.3) is 0 Å². The molecule has 0 aromatic heterocycles. The van der Waals surface area contributed by atoms with Crippen LogP contribution in [0.15, 0.2) is 0 Å². The van der Waals surface area contributed by atoms with Crippen LogP contribution in [0.5, 0.6) is 0 Å². The predicted molar refractivity (Wildman–Crippen MR) is 54.0 cm³/mol. The van der Waals surface area contributed by atoms with Gasteiger partial charge in [-0.25, -0.2) is 0 Å². The Kier molecular flexibility index (Phi) is 4.07. The van der Waals surface area contributed by atoms with Crippen LogP contribution < -0.4 is 5.73 Å². The molecular formula is C11H23N. The third kappa shape index (κ3) is 2.78. The summed E-state index contributed by atoms with van der Waals surface area (Å²) in [4.78, 5) is 0. The van der Waals surface area contributed by atoms with Crippen molar-refractivity contribution < 1.29 is 0 Å². The summed E-state index contributed by atoms with van der Waals surface area (Å²) in [7, 11) is 0. The summed E-state index contributed by atoms with van der Waals surface area (Å²) in [5, 5.41) is 0. The Morgan fingerprint density at radius 1 is 1.25 bits per heavy atom. The molecule has 1 heteroatoms. The van der Waals surface area contributed by atoms with Crippen molar-refractivity contribution in [1.82, 2.24) is 0 Å². The molecule has 1 unspecified atom stereocenters. The lowest BCUT2D eigenvalue weighted by Crippen LogP contribution is -2.32. The van der Waals surface area contributed by atoms with E-state index in [1.807, 2.05) is 0 Å². The van der Waals surface area contributed by atoms with Gasteiger partial charge in [0, 0.05) is 6.04 Å². The van der Waals surface area contributed by atoms with Crippen LogP contribution in [-0.2, 0) is 0 Å². The van der Waals surface area contributed by atoms with Gasteiger partial charge in [-0.1, -0.05) is 33.1 Å². The van der Waals surface area contributed by atoms with E-state index in [4.69, 9.17) is 5.73 Å². The van der Waals surface area contributed by atoms with E-state index in [1.54, 1.807) is 0 Å². The average Bonchev–Trinajstić information content (AvgIpc) is 2.06. The van der Waals surface area contributed by atoms with Crippen LogP contribution in [0.1, 0.15) is 52.4 Å². The highest BCUT2D eigenvalue weighted by Gasteiger charge is 2.22. The van der Waals surface area contributed by atoms with Gasteiger partial charge in [0.1, 0.15) is 0 Å². The predicted octanol–water partition coefficient (Wildman–Crippen LogP) is 2.94. The zero-order valence-corrected chi connectivity index (χ0v) is 8.55. The number of rotatable bonds is 3. The molecule has 1 aliphatic carbocycles. The molecule has 12 heavy (non-hydrogen) atoms. The van der Waals surface area contributed by atoms with E-state index in [-0.39, 0.29) is 0 Å². The largest absolute Gasteiger partial charge is 0.327 e.